The van der Waals surface area contributed by atoms with Crippen LogP contribution in [0.3, 0.4) is 0 Å². The molecule has 0 bridgehead atoms. The number of aryl methyl sites for hydroxylation is 2. The Morgan fingerprint density at radius 2 is 2.19 bits per heavy atom. The summed E-state index contributed by atoms with van der Waals surface area (Å²) in [5.74, 6) is -0.307. The van der Waals surface area contributed by atoms with Gasteiger partial charge in [-0.25, -0.2) is 9.78 Å². The molecule has 6 heteroatoms. The van der Waals surface area contributed by atoms with E-state index < -0.39 is 11.4 Å². The van der Waals surface area contributed by atoms with Gasteiger partial charge in [-0.05, 0) is 44.2 Å². The number of nitrogens with zero attached hydrogens (tertiary/aromatic N) is 2. The lowest BCUT2D eigenvalue weighted by Crippen LogP contribution is -2.37. The normalized spacial score (nSPS) is 24.0. The molecule has 1 fully saturated rings. The first-order valence-corrected chi connectivity index (χ1v) is 7.26. The van der Waals surface area contributed by atoms with Crippen LogP contribution in [0.2, 0.25) is 0 Å². The molecule has 0 radical (unpaired) electrons. The van der Waals surface area contributed by atoms with Gasteiger partial charge in [0.1, 0.15) is 5.82 Å². The minimum Gasteiger partial charge on any atom is -0.481 e. The third-order valence-electron chi connectivity index (χ3n) is 4.44. The minimum absolute atomic E-state index is 0.235. The lowest BCUT2D eigenvalue weighted by Gasteiger charge is -2.20. The third-order valence-corrected chi connectivity index (χ3v) is 4.44. The van der Waals surface area contributed by atoms with E-state index in [9.17, 15) is 14.7 Å². The van der Waals surface area contributed by atoms with Crippen LogP contribution in [-0.4, -0.2) is 40.1 Å². The zero-order valence-electron chi connectivity index (χ0n) is 12.1. The largest absolute Gasteiger partial charge is 0.481 e. The first-order chi connectivity index (χ1) is 9.98. The quantitative estimate of drug-likeness (QED) is 0.871. The molecule has 1 unspecified atom stereocenters. The van der Waals surface area contributed by atoms with Crippen molar-refractivity contribution in [2.45, 2.75) is 32.6 Å². The van der Waals surface area contributed by atoms with Crippen LogP contribution in [0.15, 0.2) is 12.1 Å². The number of fused-ring (bicyclic) bond motifs is 1. The number of aromatic nitrogens is 1. The molecule has 2 aliphatic rings. The smallest absolute Gasteiger partial charge is 0.323 e. The van der Waals surface area contributed by atoms with E-state index in [1.165, 1.54) is 5.56 Å². The number of pyridine rings is 1. The van der Waals surface area contributed by atoms with Crippen LogP contribution < -0.4 is 5.32 Å². The number of carboxylic acids is 1. The van der Waals surface area contributed by atoms with E-state index >= 15 is 0 Å². The van der Waals surface area contributed by atoms with E-state index in [4.69, 9.17) is 0 Å². The van der Waals surface area contributed by atoms with Gasteiger partial charge >= 0.3 is 12.0 Å². The molecule has 1 atom stereocenters. The molecule has 2 amide bonds. The van der Waals surface area contributed by atoms with Crippen LogP contribution in [0.1, 0.15) is 31.0 Å². The van der Waals surface area contributed by atoms with Gasteiger partial charge in [0.2, 0.25) is 0 Å². The lowest BCUT2D eigenvalue weighted by molar-refractivity contribution is -0.146. The Kier molecular flexibility index (Phi) is 3.31. The van der Waals surface area contributed by atoms with Crippen molar-refractivity contribution < 1.29 is 14.7 Å². The van der Waals surface area contributed by atoms with Crippen LogP contribution >= 0.6 is 0 Å². The molecule has 6 nitrogen and oxygen atoms in total. The van der Waals surface area contributed by atoms with Gasteiger partial charge < -0.3 is 10.0 Å². The molecule has 2 N–H and O–H groups in total. The molecule has 1 aliphatic heterocycles. The van der Waals surface area contributed by atoms with Gasteiger partial charge in [-0.15, -0.1) is 0 Å². The van der Waals surface area contributed by atoms with Crippen LogP contribution in [-0.2, 0) is 17.6 Å². The predicted molar refractivity (Wildman–Crippen MR) is 77.2 cm³/mol. The average molecular weight is 289 g/mol. The Labute approximate surface area is 123 Å². The molecule has 0 saturated carbocycles. The molecule has 0 spiro atoms. The first-order valence-electron chi connectivity index (χ1n) is 7.26. The van der Waals surface area contributed by atoms with Crippen LogP contribution in [0.5, 0.6) is 0 Å². The van der Waals surface area contributed by atoms with E-state index in [2.05, 4.69) is 10.3 Å². The minimum atomic E-state index is -0.853. The number of carboxylic acid groups (broad SMARTS) is 1. The molecular weight excluding hydrogens is 270 g/mol. The Balaban J connectivity index is 1.66. The molecule has 3 rings (SSSR count). The molecule has 1 aromatic heterocycles. The number of urea groups is 1. The van der Waals surface area contributed by atoms with Crippen molar-refractivity contribution in [3.63, 3.8) is 0 Å². The fourth-order valence-corrected chi connectivity index (χ4v) is 2.99. The highest BCUT2D eigenvalue weighted by atomic mass is 16.4. The highest BCUT2D eigenvalue weighted by Crippen LogP contribution is 2.30. The molecule has 1 aromatic rings. The molecule has 1 saturated heterocycles. The monoisotopic (exact) mass is 289 g/mol. The second-order valence-corrected chi connectivity index (χ2v) is 6.12. The summed E-state index contributed by atoms with van der Waals surface area (Å²) in [5.41, 5.74) is 1.47. The topological polar surface area (TPSA) is 82.5 Å². The number of carbonyl (C=O) groups excluding carboxylic acids is 1. The van der Waals surface area contributed by atoms with Crippen molar-refractivity contribution in [1.29, 1.82) is 0 Å². The van der Waals surface area contributed by atoms with E-state index in [0.29, 0.717) is 18.8 Å². The summed E-state index contributed by atoms with van der Waals surface area (Å²) in [4.78, 5) is 29.4. The van der Waals surface area contributed by atoms with Gasteiger partial charge in [-0.2, -0.15) is 0 Å². The second-order valence-electron chi connectivity index (χ2n) is 6.12. The summed E-state index contributed by atoms with van der Waals surface area (Å²) < 4.78 is 0. The average Bonchev–Trinajstić information content (AvgIpc) is 3.05. The standard InChI is InChI=1S/C15H19N3O3/c1-15(13(19)20)7-8-18(9-15)14(21)17-12-6-5-10-3-2-4-11(10)16-12/h5-6H,2-4,7-9H2,1H3,(H,19,20)(H,16,17,21). The first kappa shape index (κ1) is 13.9. The maximum atomic E-state index is 12.2. The molecule has 112 valence electrons. The van der Waals surface area contributed by atoms with Crippen molar-refractivity contribution in [2.75, 3.05) is 18.4 Å². The third kappa shape index (κ3) is 2.57. The van der Waals surface area contributed by atoms with Crippen molar-refractivity contribution in [1.82, 2.24) is 9.88 Å². The summed E-state index contributed by atoms with van der Waals surface area (Å²) in [6.45, 7) is 2.37. The van der Waals surface area contributed by atoms with E-state index in [1.54, 1.807) is 11.8 Å². The molecule has 1 aliphatic carbocycles. The fourth-order valence-electron chi connectivity index (χ4n) is 2.99. The van der Waals surface area contributed by atoms with Gasteiger partial charge in [0, 0.05) is 18.8 Å². The fraction of sp³-hybridized carbons (Fsp3) is 0.533. The number of aliphatic carboxylic acids is 1. The number of hydrogen-bond donors (Lipinski definition) is 2. The molecular formula is C15H19N3O3. The van der Waals surface area contributed by atoms with Crippen LogP contribution in [0.4, 0.5) is 10.6 Å². The Bertz CT molecular complexity index is 602. The summed E-state index contributed by atoms with van der Waals surface area (Å²) in [7, 11) is 0. The van der Waals surface area contributed by atoms with Gasteiger partial charge in [-0.1, -0.05) is 6.07 Å². The summed E-state index contributed by atoms with van der Waals surface area (Å²) >= 11 is 0. The Morgan fingerprint density at radius 3 is 2.90 bits per heavy atom. The lowest BCUT2D eigenvalue weighted by atomic mass is 9.90. The van der Waals surface area contributed by atoms with Gasteiger partial charge in [0.05, 0.1) is 5.41 Å². The van der Waals surface area contributed by atoms with Gasteiger partial charge in [0.25, 0.3) is 0 Å². The maximum absolute atomic E-state index is 12.2. The Hall–Kier alpha value is -2.11. The highest BCUT2D eigenvalue weighted by Gasteiger charge is 2.42. The molecule has 2 heterocycles. The zero-order valence-corrected chi connectivity index (χ0v) is 12.1. The second kappa shape index (κ2) is 5.02. The summed E-state index contributed by atoms with van der Waals surface area (Å²) in [5, 5.41) is 12.0. The van der Waals surface area contributed by atoms with Crippen molar-refractivity contribution >= 4 is 17.8 Å². The maximum Gasteiger partial charge on any atom is 0.323 e. The molecule has 21 heavy (non-hydrogen) atoms. The number of amides is 2. The number of likely N-dealkylation sites (tertiary alicyclic amines) is 1. The Morgan fingerprint density at radius 1 is 1.38 bits per heavy atom. The SMILES string of the molecule is CC1(C(=O)O)CCN(C(=O)Nc2ccc3c(n2)CCC3)C1. The number of anilines is 1. The number of nitrogens with one attached hydrogen (secondary N) is 1. The van der Waals surface area contributed by atoms with E-state index in [-0.39, 0.29) is 12.6 Å². The van der Waals surface area contributed by atoms with E-state index in [0.717, 1.165) is 25.0 Å². The number of carbonyl (C=O) groups is 2. The van der Waals surface area contributed by atoms with Crippen LogP contribution in [0, 0.1) is 5.41 Å². The zero-order chi connectivity index (χ0) is 15.0. The van der Waals surface area contributed by atoms with Crippen LogP contribution in [0.25, 0.3) is 0 Å². The summed E-state index contributed by atoms with van der Waals surface area (Å²) in [6, 6.07) is 3.55. The highest BCUT2D eigenvalue weighted by molar-refractivity contribution is 5.89. The summed E-state index contributed by atoms with van der Waals surface area (Å²) in [6.07, 6.45) is 3.61. The van der Waals surface area contributed by atoms with E-state index in [1.807, 2.05) is 12.1 Å². The van der Waals surface area contributed by atoms with Gasteiger partial charge in [0.15, 0.2) is 0 Å². The molecule has 0 aromatic carbocycles. The van der Waals surface area contributed by atoms with Crippen molar-refractivity contribution in [2.24, 2.45) is 5.41 Å². The predicted octanol–water partition coefficient (Wildman–Crippen LogP) is 1.90. The number of rotatable bonds is 2. The van der Waals surface area contributed by atoms with Crippen molar-refractivity contribution in [3.8, 4) is 0 Å². The number of hydrogen-bond acceptors (Lipinski definition) is 3. The van der Waals surface area contributed by atoms with Gasteiger partial charge in [-0.3, -0.25) is 10.1 Å². The van der Waals surface area contributed by atoms with Crippen molar-refractivity contribution in [3.05, 3.63) is 23.4 Å².